The van der Waals surface area contributed by atoms with Gasteiger partial charge in [-0.15, -0.1) is 0 Å². The second-order valence-electron chi connectivity index (χ2n) is 22.1. The molecule has 6 aromatic carbocycles. The molecule has 0 aromatic heterocycles. The summed E-state index contributed by atoms with van der Waals surface area (Å²) in [5.41, 5.74) is 15.8. The molecule has 2 fully saturated rings. The van der Waals surface area contributed by atoms with Gasteiger partial charge in [0.15, 0.2) is 12.4 Å². The van der Waals surface area contributed by atoms with Crippen molar-refractivity contribution in [3.05, 3.63) is 226 Å². The van der Waals surface area contributed by atoms with Crippen molar-refractivity contribution in [1.82, 2.24) is 0 Å². The van der Waals surface area contributed by atoms with Crippen LogP contribution in [-0.4, -0.2) is 85.0 Å². The molecule has 1 aliphatic carbocycles. The fourth-order valence-corrected chi connectivity index (χ4v) is 11.1. The molecule has 14 nitrogen and oxygen atoms in total. The summed E-state index contributed by atoms with van der Waals surface area (Å²) in [7, 11) is 0. The Balaban J connectivity index is 1.12. The molecule has 84 heavy (non-hydrogen) atoms. The Morgan fingerprint density at radius 3 is 1.20 bits per heavy atom. The van der Waals surface area contributed by atoms with Crippen LogP contribution in [0, 0.1) is 0 Å². The van der Waals surface area contributed by atoms with E-state index in [1.807, 2.05) is 182 Å². The lowest BCUT2D eigenvalue weighted by Gasteiger charge is -2.50. The number of aliphatic hydroxyl groups is 1. The monoisotopic (exact) mass is 1150 g/mol. The lowest BCUT2D eigenvalue weighted by Crippen LogP contribution is -2.69. The van der Waals surface area contributed by atoms with Crippen LogP contribution in [0.3, 0.4) is 0 Å². The summed E-state index contributed by atoms with van der Waals surface area (Å²) in [4.78, 5) is 17.7. The summed E-state index contributed by atoms with van der Waals surface area (Å²) in [5.74, 6) is -0.482. The largest absolute Gasteiger partial charge is 0.457 e. The third-order valence-corrected chi connectivity index (χ3v) is 15.6. The molecule has 6 aromatic rings. The number of rotatable bonds is 37. The molecule has 0 radical (unpaired) electrons. The van der Waals surface area contributed by atoms with Crippen molar-refractivity contribution >= 4 is 5.97 Å². The first-order valence-corrected chi connectivity index (χ1v) is 30.6. The number of unbranched alkanes of at least 4 members (excludes halogenated alkanes) is 12. The van der Waals surface area contributed by atoms with E-state index in [0.29, 0.717) is 6.42 Å². The van der Waals surface area contributed by atoms with Crippen molar-refractivity contribution in [3.63, 3.8) is 0 Å². The van der Waals surface area contributed by atoms with E-state index in [9.17, 15) is 15.4 Å². The van der Waals surface area contributed by atoms with Gasteiger partial charge in [-0.3, -0.25) is 4.79 Å². The van der Waals surface area contributed by atoms with Crippen molar-refractivity contribution in [1.29, 1.82) is 0 Å². The first-order chi connectivity index (χ1) is 41.5. The molecule has 1 heterocycles. The summed E-state index contributed by atoms with van der Waals surface area (Å²) in [6.07, 6.45) is 3.68. The van der Waals surface area contributed by atoms with Gasteiger partial charge in [-0.2, -0.15) is 0 Å². The molecule has 2 aliphatic rings. The van der Waals surface area contributed by atoms with Crippen LogP contribution in [0.1, 0.15) is 130 Å². The molecule has 5 unspecified atom stereocenters. The van der Waals surface area contributed by atoms with Crippen LogP contribution in [-0.2, 0) is 87.1 Å². The quantitative estimate of drug-likeness (QED) is 0.0129. The second-order valence-corrected chi connectivity index (χ2v) is 22.1. The van der Waals surface area contributed by atoms with Crippen molar-refractivity contribution in [3.8, 4) is 0 Å². The number of esters is 1. The minimum absolute atomic E-state index is 0.0151. The maximum atomic E-state index is 14.3. The number of hydrogen-bond acceptors (Lipinski definition) is 12. The number of nitrogens with zero attached hydrogens (tertiary/aromatic N) is 3. The standard InChI is InChI=1S/C70H87N3O11/c1-2-3-4-5-6-7-8-9-10-11-12-13-32-45-60(74)83-65-62(75)66(68(80-50-57-41-28-18-29-42-57)69(81-51-58-43-30-19-31-44-58)67(65)79-49-56-39-26-17-27-40-56)84-70-61(72-73-71)64(78-48-55-37-24-16-25-38-55)63(77-47-54-35-22-15-23-36-54)59(82-70)52-76-46-53-33-20-14-21-34-53/h14-31,33-44,59,61-70,75H,2-13,32,45-52H2,1H3/t59?,61?,62?,63-,64+,65+,66-,67?,68-,69?,70-/m1/s1. The van der Waals surface area contributed by atoms with E-state index < -0.39 is 73.2 Å². The lowest BCUT2D eigenvalue weighted by atomic mass is 9.83. The topological polar surface area (TPSA) is 169 Å². The number of benzene rings is 6. The van der Waals surface area contributed by atoms with Gasteiger partial charge in [0.05, 0.1) is 46.2 Å². The van der Waals surface area contributed by atoms with Gasteiger partial charge < -0.3 is 47.7 Å². The SMILES string of the molecule is CCCCCCCCCCCCCCCC(=O)O[C@@H]1C(OCc2ccccc2)C(OCc2ccccc2)[C@H](OCc2ccccc2)[C@H](O[C@H]2OC(COCc3ccccc3)[C@@H](OCc3ccccc3)[C@@H](OCc3ccccc3)C2N=[N+]=[N-])C1O. The molecule has 8 rings (SSSR count). The molecule has 1 N–H and O–H groups in total. The number of azide groups is 1. The predicted molar refractivity (Wildman–Crippen MR) is 324 cm³/mol. The molecule has 0 amide bonds. The third kappa shape index (κ3) is 20.8. The minimum atomic E-state index is -1.60. The number of carbonyl (C=O) groups excluding carboxylic acids is 1. The highest BCUT2D eigenvalue weighted by Crippen LogP contribution is 2.38. The number of hydrogen-bond donors (Lipinski definition) is 1. The maximum absolute atomic E-state index is 14.3. The molecule has 11 atom stereocenters. The molecule has 1 saturated heterocycles. The minimum Gasteiger partial charge on any atom is -0.457 e. The maximum Gasteiger partial charge on any atom is 0.306 e. The van der Waals surface area contributed by atoms with Crippen LogP contribution in [0.5, 0.6) is 0 Å². The van der Waals surface area contributed by atoms with E-state index in [2.05, 4.69) is 16.9 Å². The zero-order chi connectivity index (χ0) is 58.2. The Morgan fingerprint density at radius 1 is 0.452 bits per heavy atom. The average Bonchev–Trinajstić information content (AvgIpc) is 2.74. The summed E-state index contributed by atoms with van der Waals surface area (Å²) in [6, 6.07) is 57.2. The normalized spacial score (nSPS) is 23.1. The van der Waals surface area contributed by atoms with Gasteiger partial charge in [-0.25, -0.2) is 0 Å². The molecule has 0 spiro atoms. The van der Waals surface area contributed by atoms with Crippen LogP contribution < -0.4 is 0 Å². The van der Waals surface area contributed by atoms with Crippen molar-refractivity contribution in [2.24, 2.45) is 5.11 Å². The van der Waals surface area contributed by atoms with E-state index in [1.54, 1.807) is 0 Å². The Bertz CT molecular complexity index is 2750. The van der Waals surface area contributed by atoms with Gasteiger partial charge in [0.1, 0.15) is 54.9 Å². The van der Waals surface area contributed by atoms with Crippen molar-refractivity contribution < 1.29 is 52.5 Å². The highest BCUT2D eigenvalue weighted by Gasteiger charge is 2.58. The summed E-state index contributed by atoms with van der Waals surface area (Å²) < 4.78 is 61.7. The van der Waals surface area contributed by atoms with Crippen molar-refractivity contribution in [2.45, 2.75) is 204 Å². The van der Waals surface area contributed by atoms with Gasteiger partial charge in [0.25, 0.3) is 0 Å². The highest BCUT2D eigenvalue weighted by atomic mass is 16.7. The van der Waals surface area contributed by atoms with Gasteiger partial charge >= 0.3 is 5.97 Å². The van der Waals surface area contributed by atoms with Crippen LogP contribution in [0.25, 0.3) is 10.4 Å². The second kappa shape index (κ2) is 36.6. The molecular formula is C70H87N3O11. The average molecular weight is 1150 g/mol. The Morgan fingerprint density at radius 2 is 0.798 bits per heavy atom. The van der Waals surface area contributed by atoms with Crippen LogP contribution in [0.2, 0.25) is 0 Å². The van der Waals surface area contributed by atoms with Crippen LogP contribution >= 0.6 is 0 Å². The molecule has 448 valence electrons. The van der Waals surface area contributed by atoms with Gasteiger partial charge in [-0.1, -0.05) is 271 Å². The first kappa shape index (κ1) is 63.8. The Hall–Kier alpha value is -6.26. The smallest absolute Gasteiger partial charge is 0.306 e. The zero-order valence-corrected chi connectivity index (χ0v) is 48.9. The number of ether oxygens (including phenoxy) is 9. The third-order valence-electron chi connectivity index (χ3n) is 15.6. The molecule has 0 bridgehead atoms. The molecular weight excluding hydrogens is 1060 g/mol. The summed E-state index contributed by atoms with van der Waals surface area (Å²) in [5, 5.41) is 17.6. The number of aliphatic hydroxyl groups excluding tert-OH is 1. The van der Waals surface area contributed by atoms with Gasteiger partial charge in [0.2, 0.25) is 0 Å². The fourth-order valence-electron chi connectivity index (χ4n) is 11.1. The zero-order valence-electron chi connectivity index (χ0n) is 48.9. The summed E-state index contributed by atoms with van der Waals surface area (Å²) >= 11 is 0. The summed E-state index contributed by atoms with van der Waals surface area (Å²) in [6.45, 7) is 3.13. The van der Waals surface area contributed by atoms with Crippen LogP contribution in [0.15, 0.2) is 187 Å². The van der Waals surface area contributed by atoms with E-state index >= 15 is 0 Å². The molecule has 1 aliphatic heterocycles. The van der Waals surface area contributed by atoms with Gasteiger partial charge in [0, 0.05) is 11.3 Å². The van der Waals surface area contributed by atoms with E-state index in [-0.39, 0.29) is 52.7 Å². The van der Waals surface area contributed by atoms with E-state index in [4.69, 9.17) is 42.6 Å². The van der Waals surface area contributed by atoms with E-state index in [0.717, 1.165) is 52.6 Å². The molecule has 14 heteroatoms. The Kier molecular flexibility index (Phi) is 27.7. The van der Waals surface area contributed by atoms with Crippen LogP contribution in [0.4, 0.5) is 0 Å². The molecule has 1 saturated carbocycles. The van der Waals surface area contributed by atoms with E-state index in [1.165, 1.54) is 57.8 Å². The van der Waals surface area contributed by atoms with Gasteiger partial charge in [-0.05, 0) is 45.3 Å². The number of carbonyl (C=O) groups is 1. The fraction of sp³-hybridized carbons (Fsp3) is 0.471. The Labute approximate surface area is 497 Å². The predicted octanol–water partition coefficient (Wildman–Crippen LogP) is 14.7. The lowest BCUT2D eigenvalue weighted by molar-refractivity contribution is -0.336. The first-order valence-electron chi connectivity index (χ1n) is 30.6. The van der Waals surface area contributed by atoms with Crippen molar-refractivity contribution in [2.75, 3.05) is 6.61 Å². The highest BCUT2D eigenvalue weighted by molar-refractivity contribution is 5.69.